The van der Waals surface area contributed by atoms with Gasteiger partial charge in [0, 0.05) is 11.6 Å². The van der Waals surface area contributed by atoms with Gasteiger partial charge in [0.2, 0.25) is 5.78 Å². The van der Waals surface area contributed by atoms with E-state index in [1.165, 1.54) is 6.26 Å². The van der Waals surface area contributed by atoms with E-state index in [0.29, 0.717) is 34.1 Å². The third kappa shape index (κ3) is 2.19. The Kier molecular flexibility index (Phi) is 3.12. The van der Waals surface area contributed by atoms with E-state index < -0.39 is 0 Å². The molecular weight excluding hydrogens is 336 g/mol. The van der Waals surface area contributed by atoms with Gasteiger partial charge in [0.1, 0.15) is 23.0 Å². The largest absolute Gasteiger partial charge is 0.469 e. The zero-order chi connectivity index (χ0) is 17.7. The maximum atomic E-state index is 12.7. The van der Waals surface area contributed by atoms with Crippen molar-refractivity contribution in [3.63, 3.8) is 0 Å². The fourth-order valence-corrected chi connectivity index (χ4v) is 3.34. The molecule has 128 valence electrons. The minimum Gasteiger partial charge on any atom is -0.469 e. The highest BCUT2D eigenvalue weighted by atomic mass is 16.5. The lowest BCUT2D eigenvalue weighted by atomic mass is 9.88. The number of esters is 1. The quantitative estimate of drug-likeness (QED) is 0.397. The number of carbonyl (C=O) groups is 2. The molecular formula is C20H12O6. The summed E-state index contributed by atoms with van der Waals surface area (Å²) in [7, 11) is 0. The highest BCUT2D eigenvalue weighted by Gasteiger charge is 2.39. The zero-order valence-corrected chi connectivity index (χ0v) is 13.4. The van der Waals surface area contributed by atoms with Crippen molar-refractivity contribution in [3.05, 3.63) is 77.3 Å². The first-order valence-electron chi connectivity index (χ1n) is 8.09. The van der Waals surface area contributed by atoms with Crippen LogP contribution in [0.2, 0.25) is 0 Å². The summed E-state index contributed by atoms with van der Waals surface area (Å²) in [6.07, 6.45) is 4.73. The predicted molar refractivity (Wildman–Crippen MR) is 88.9 cm³/mol. The summed E-state index contributed by atoms with van der Waals surface area (Å²) < 4.78 is 22.0. The number of hydrogen-bond donors (Lipinski definition) is 0. The number of fused-ring (bicyclic) bond motifs is 3. The zero-order valence-electron chi connectivity index (χ0n) is 13.4. The average molecular weight is 348 g/mol. The van der Waals surface area contributed by atoms with Gasteiger partial charge in [-0.15, -0.1) is 0 Å². The average Bonchev–Trinajstić information content (AvgIpc) is 3.37. The first-order chi connectivity index (χ1) is 12.7. The highest BCUT2D eigenvalue weighted by Crippen LogP contribution is 2.48. The van der Waals surface area contributed by atoms with E-state index in [4.69, 9.17) is 18.3 Å². The van der Waals surface area contributed by atoms with E-state index >= 15 is 0 Å². The monoisotopic (exact) mass is 348 g/mol. The van der Waals surface area contributed by atoms with Gasteiger partial charge in [-0.25, -0.2) is 0 Å². The summed E-state index contributed by atoms with van der Waals surface area (Å²) in [5.74, 6) is 1.13. The van der Waals surface area contributed by atoms with Gasteiger partial charge in [-0.05, 0) is 36.4 Å². The van der Waals surface area contributed by atoms with Crippen molar-refractivity contribution in [2.75, 3.05) is 0 Å². The number of Topliss-reactive ketones (excluding diaryl/α,β-unsaturated/α-hetero) is 1. The van der Waals surface area contributed by atoms with Crippen molar-refractivity contribution in [1.82, 2.24) is 0 Å². The summed E-state index contributed by atoms with van der Waals surface area (Å²) in [6.45, 7) is 0. The van der Waals surface area contributed by atoms with Crippen LogP contribution in [0.1, 0.15) is 39.8 Å². The number of hydrogen-bond acceptors (Lipinski definition) is 6. The van der Waals surface area contributed by atoms with Crippen LogP contribution in [0, 0.1) is 0 Å². The summed E-state index contributed by atoms with van der Waals surface area (Å²) in [6, 6.07) is 10.2. The fourth-order valence-electron chi connectivity index (χ4n) is 3.34. The van der Waals surface area contributed by atoms with E-state index in [0.717, 1.165) is 0 Å². The Bertz CT molecular complexity index is 1040. The molecule has 3 aromatic rings. The Morgan fingerprint density at radius 2 is 1.81 bits per heavy atom. The smallest absolute Gasteiger partial charge is 0.312 e. The van der Waals surface area contributed by atoms with Crippen LogP contribution in [0.5, 0.6) is 11.5 Å². The molecule has 1 aromatic carbocycles. The molecule has 0 bridgehead atoms. The third-order valence-electron chi connectivity index (χ3n) is 4.48. The number of ether oxygens (including phenoxy) is 2. The van der Waals surface area contributed by atoms with Crippen LogP contribution in [0.4, 0.5) is 0 Å². The van der Waals surface area contributed by atoms with E-state index in [-0.39, 0.29) is 29.9 Å². The van der Waals surface area contributed by atoms with Crippen LogP contribution < -0.4 is 9.47 Å². The van der Waals surface area contributed by atoms with Crippen molar-refractivity contribution >= 4 is 17.8 Å². The molecule has 0 spiro atoms. The van der Waals surface area contributed by atoms with E-state index in [9.17, 15) is 9.59 Å². The van der Waals surface area contributed by atoms with Gasteiger partial charge in [-0.3, -0.25) is 9.59 Å². The predicted octanol–water partition coefficient (Wildman–Crippen LogP) is 3.93. The first-order valence-corrected chi connectivity index (χ1v) is 8.09. The van der Waals surface area contributed by atoms with Crippen molar-refractivity contribution in [2.45, 2.75) is 12.3 Å². The van der Waals surface area contributed by atoms with Crippen molar-refractivity contribution in [2.24, 2.45) is 0 Å². The second-order valence-corrected chi connectivity index (χ2v) is 6.06. The van der Waals surface area contributed by atoms with Gasteiger partial charge >= 0.3 is 5.97 Å². The Hall–Kier alpha value is -3.54. The topological polar surface area (TPSA) is 78.9 Å². The molecule has 2 aromatic heterocycles. The van der Waals surface area contributed by atoms with E-state index in [1.807, 2.05) is 0 Å². The van der Waals surface area contributed by atoms with Crippen molar-refractivity contribution < 1.29 is 27.9 Å². The Morgan fingerprint density at radius 3 is 2.58 bits per heavy atom. The molecule has 0 N–H and O–H groups in total. The van der Waals surface area contributed by atoms with Crippen LogP contribution >= 0.6 is 0 Å². The molecule has 1 atom stereocenters. The van der Waals surface area contributed by atoms with E-state index in [1.54, 1.807) is 48.7 Å². The molecule has 0 aliphatic carbocycles. The van der Waals surface area contributed by atoms with Crippen LogP contribution in [0.3, 0.4) is 0 Å². The Balaban J connectivity index is 1.65. The van der Waals surface area contributed by atoms with Crippen LogP contribution in [-0.4, -0.2) is 11.8 Å². The second-order valence-electron chi connectivity index (χ2n) is 6.06. The molecule has 6 nitrogen and oxygen atoms in total. The van der Waals surface area contributed by atoms with Crippen LogP contribution in [0.25, 0.3) is 6.08 Å². The molecule has 2 aliphatic rings. The maximum absolute atomic E-state index is 12.7. The molecule has 0 amide bonds. The second kappa shape index (κ2) is 5.49. The number of allylic oxidation sites excluding steroid dienone is 1. The Morgan fingerprint density at radius 1 is 0.962 bits per heavy atom. The fraction of sp³-hybridized carbons (Fsp3) is 0.100. The first kappa shape index (κ1) is 14.8. The standard InChI is InChI=1S/C20H12O6/c21-17-10-13(14-4-2-8-24-14)18-15(25-17)6-5-12-19(22)16(26-20(12)18)9-11-3-1-7-23-11/h1-9,13H,10H2/b16-9-/t13-/m1/s1. The van der Waals surface area contributed by atoms with Crippen LogP contribution in [-0.2, 0) is 4.79 Å². The lowest BCUT2D eigenvalue weighted by Crippen LogP contribution is -2.21. The number of rotatable bonds is 2. The summed E-state index contributed by atoms with van der Waals surface area (Å²) in [5, 5.41) is 0. The SMILES string of the molecule is O=C1C[C@H](c2ccco2)c2c(ccc3c2O/C(=C\c2ccco2)C3=O)O1. The molecule has 0 radical (unpaired) electrons. The van der Waals surface area contributed by atoms with E-state index in [2.05, 4.69) is 0 Å². The van der Waals surface area contributed by atoms with Gasteiger partial charge in [0.25, 0.3) is 0 Å². The minimum absolute atomic E-state index is 0.117. The summed E-state index contributed by atoms with van der Waals surface area (Å²) in [5.41, 5.74) is 1.07. The van der Waals surface area contributed by atoms with Gasteiger partial charge in [-0.1, -0.05) is 0 Å². The number of carbonyl (C=O) groups excluding carboxylic acids is 2. The Labute approximate surface area is 147 Å². The number of furan rings is 2. The molecule has 2 aliphatic heterocycles. The molecule has 5 rings (SSSR count). The molecule has 0 fully saturated rings. The van der Waals surface area contributed by atoms with Gasteiger partial charge in [0.15, 0.2) is 5.76 Å². The maximum Gasteiger partial charge on any atom is 0.312 e. The minimum atomic E-state index is -0.369. The molecule has 0 saturated heterocycles. The lowest BCUT2D eigenvalue weighted by molar-refractivity contribution is -0.135. The molecule has 4 heterocycles. The van der Waals surface area contributed by atoms with Crippen molar-refractivity contribution in [3.8, 4) is 11.5 Å². The highest BCUT2D eigenvalue weighted by molar-refractivity contribution is 6.15. The number of ketones is 1. The number of benzene rings is 1. The molecule has 0 saturated carbocycles. The molecule has 0 unspecified atom stereocenters. The summed E-state index contributed by atoms with van der Waals surface area (Å²) >= 11 is 0. The normalized spacial score (nSPS) is 19.8. The van der Waals surface area contributed by atoms with Gasteiger partial charge < -0.3 is 18.3 Å². The van der Waals surface area contributed by atoms with Crippen LogP contribution in [0.15, 0.2) is 63.5 Å². The van der Waals surface area contributed by atoms with Gasteiger partial charge in [-0.2, -0.15) is 0 Å². The van der Waals surface area contributed by atoms with Crippen molar-refractivity contribution in [1.29, 1.82) is 0 Å². The summed E-state index contributed by atoms with van der Waals surface area (Å²) in [4.78, 5) is 24.7. The lowest BCUT2D eigenvalue weighted by Gasteiger charge is -2.24. The molecule has 26 heavy (non-hydrogen) atoms. The third-order valence-corrected chi connectivity index (χ3v) is 4.48. The molecule has 6 heteroatoms. The van der Waals surface area contributed by atoms with Gasteiger partial charge in [0.05, 0.1) is 30.4 Å².